The molecule has 0 aromatic carbocycles. The third-order valence-corrected chi connectivity index (χ3v) is 3.69. The number of hydrogen-bond acceptors (Lipinski definition) is 2. The van der Waals surface area contributed by atoms with Gasteiger partial charge in [-0.1, -0.05) is 13.8 Å². The van der Waals surface area contributed by atoms with Crippen molar-refractivity contribution in [3.05, 3.63) is 0 Å². The molecule has 90 valence electrons. The van der Waals surface area contributed by atoms with E-state index in [1.807, 2.05) is 6.92 Å². The zero-order valence-corrected chi connectivity index (χ0v) is 10.7. The Kier molecular flexibility index (Phi) is 5.02. The van der Waals surface area contributed by atoms with E-state index in [2.05, 4.69) is 31.0 Å². The van der Waals surface area contributed by atoms with E-state index in [0.717, 1.165) is 13.1 Å². The molecule has 2 heteroatoms. The molecule has 2 nitrogen and oxygen atoms in total. The first-order chi connectivity index (χ1) is 7.59. The molecule has 1 saturated heterocycles. The third-order valence-electron chi connectivity index (χ3n) is 3.69. The maximum absolute atomic E-state index is 12.1. The predicted octanol–water partition coefficient (Wildman–Crippen LogP) is 2.38. The lowest BCUT2D eigenvalue weighted by Crippen LogP contribution is -2.42. The zero-order chi connectivity index (χ0) is 12.0. The maximum Gasteiger partial charge on any atom is 0.139 e. The Morgan fingerprint density at radius 2 is 2.25 bits per heavy atom. The summed E-state index contributed by atoms with van der Waals surface area (Å²) in [5.74, 6) is 6.66. The van der Waals surface area contributed by atoms with Crippen LogP contribution in [0.2, 0.25) is 0 Å². The second kappa shape index (κ2) is 6.06. The lowest BCUT2D eigenvalue weighted by atomic mass is 9.71. The van der Waals surface area contributed by atoms with Crippen LogP contribution in [0, 0.1) is 23.2 Å². The van der Waals surface area contributed by atoms with E-state index in [1.165, 1.54) is 12.8 Å². The number of ketones is 1. The SMILES string of the molecule is CC#CCCC(=O)C(C)(C)C1CCCNC1. The fourth-order valence-electron chi connectivity index (χ4n) is 2.32. The van der Waals surface area contributed by atoms with Crippen LogP contribution in [0.25, 0.3) is 0 Å². The molecule has 1 unspecified atom stereocenters. The van der Waals surface area contributed by atoms with Gasteiger partial charge in [-0.2, -0.15) is 0 Å². The van der Waals surface area contributed by atoms with Gasteiger partial charge in [0.25, 0.3) is 0 Å². The molecule has 0 aromatic rings. The van der Waals surface area contributed by atoms with Gasteiger partial charge in [-0.3, -0.25) is 4.79 Å². The second-order valence-corrected chi connectivity index (χ2v) is 5.11. The summed E-state index contributed by atoms with van der Waals surface area (Å²) in [6.45, 7) is 8.08. The minimum atomic E-state index is -0.192. The number of rotatable bonds is 4. The Labute approximate surface area is 99.2 Å². The molecule has 0 spiro atoms. The first kappa shape index (κ1) is 13.3. The topological polar surface area (TPSA) is 29.1 Å². The molecule has 1 atom stereocenters. The first-order valence-corrected chi connectivity index (χ1v) is 6.22. The maximum atomic E-state index is 12.1. The largest absolute Gasteiger partial charge is 0.316 e. The predicted molar refractivity (Wildman–Crippen MR) is 67.1 cm³/mol. The average molecular weight is 221 g/mol. The summed E-state index contributed by atoms with van der Waals surface area (Å²) in [5.41, 5.74) is -0.192. The summed E-state index contributed by atoms with van der Waals surface area (Å²) in [4.78, 5) is 12.1. The molecular weight excluding hydrogens is 198 g/mol. The van der Waals surface area contributed by atoms with Crippen molar-refractivity contribution >= 4 is 5.78 Å². The van der Waals surface area contributed by atoms with E-state index in [9.17, 15) is 4.79 Å². The van der Waals surface area contributed by atoms with Gasteiger partial charge in [0.15, 0.2) is 0 Å². The summed E-state index contributed by atoms with van der Waals surface area (Å²) in [7, 11) is 0. The van der Waals surface area contributed by atoms with Crippen LogP contribution in [0.3, 0.4) is 0 Å². The molecule has 1 rings (SSSR count). The first-order valence-electron chi connectivity index (χ1n) is 6.22. The minimum absolute atomic E-state index is 0.192. The lowest BCUT2D eigenvalue weighted by molar-refractivity contribution is -0.130. The van der Waals surface area contributed by atoms with E-state index >= 15 is 0 Å². The summed E-state index contributed by atoms with van der Waals surface area (Å²) < 4.78 is 0. The van der Waals surface area contributed by atoms with Crippen molar-refractivity contribution in [2.75, 3.05) is 13.1 Å². The Balaban J connectivity index is 2.52. The number of nitrogens with one attached hydrogen (secondary N) is 1. The van der Waals surface area contributed by atoms with E-state index in [4.69, 9.17) is 0 Å². The highest BCUT2D eigenvalue weighted by atomic mass is 16.1. The third kappa shape index (κ3) is 3.35. The highest BCUT2D eigenvalue weighted by Crippen LogP contribution is 2.33. The lowest BCUT2D eigenvalue weighted by Gasteiger charge is -2.36. The standard InChI is InChI=1S/C14H23NO/c1-4-5-6-9-13(16)14(2,3)12-8-7-10-15-11-12/h12,15H,6-11H2,1-3H3. The van der Waals surface area contributed by atoms with Gasteiger partial charge in [0.2, 0.25) is 0 Å². The summed E-state index contributed by atoms with van der Waals surface area (Å²) in [6.07, 6.45) is 3.67. The number of carbonyl (C=O) groups is 1. The van der Waals surface area contributed by atoms with E-state index in [1.54, 1.807) is 0 Å². The zero-order valence-electron chi connectivity index (χ0n) is 10.7. The Morgan fingerprint density at radius 3 is 2.81 bits per heavy atom. The van der Waals surface area contributed by atoms with E-state index in [0.29, 0.717) is 24.5 Å². The molecule has 1 N–H and O–H groups in total. The second-order valence-electron chi connectivity index (χ2n) is 5.11. The molecule has 0 aromatic heterocycles. The van der Waals surface area contributed by atoms with Gasteiger partial charge in [-0.15, -0.1) is 11.8 Å². The molecule has 1 aliphatic heterocycles. The number of carbonyl (C=O) groups excluding carboxylic acids is 1. The van der Waals surface area contributed by atoms with Gasteiger partial charge in [0.1, 0.15) is 5.78 Å². The molecule has 1 fully saturated rings. The average Bonchev–Trinajstić information content (AvgIpc) is 2.30. The monoisotopic (exact) mass is 221 g/mol. The smallest absolute Gasteiger partial charge is 0.139 e. The van der Waals surface area contributed by atoms with Gasteiger partial charge in [-0.05, 0) is 38.8 Å². The fourth-order valence-corrected chi connectivity index (χ4v) is 2.32. The summed E-state index contributed by atoms with van der Waals surface area (Å²) in [6, 6.07) is 0. The molecule has 0 saturated carbocycles. The van der Waals surface area contributed by atoms with Crippen molar-refractivity contribution in [1.82, 2.24) is 5.32 Å². The van der Waals surface area contributed by atoms with Crippen molar-refractivity contribution < 1.29 is 4.79 Å². The quantitative estimate of drug-likeness (QED) is 0.739. The molecule has 0 bridgehead atoms. The Hall–Kier alpha value is -0.810. The Morgan fingerprint density at radius 1 is 1.50 bits per heavy atom. The van der Waals surface area contributed by atoms with E-state index in [-0.39, 0.29) is 5.41 Å². The van der Waals surface area contributed by atoms with Gasteiger partial charge in [0, 0.05) is 18.3 Å². The summed E-state index contributed by atoms with van der Waals surface area (Å²) in [5, 5.41) is 3.38. The molecule has 16 heavy (non-hydrogen) atoms. The molecule has 1 aliphatic rings. The van der Waals surface area contributed by atoms with Gasteiger partial charge in [0.05, 0.1) is 0 Å². The molecule has 1 heterocycles. The van der Waals surface area contributed by atoms with Crippen LogP contribution in [-0.2, 0) is 4.79 Å². The van der Waals surface area contributed by atoms with Gasteiger partial charge >= 0.3 is 0 Å². The number of hydrogen-bond donors (Lipinski definition) is 1. The molecule has 0 aliphatic carbocycles. The van der Waals surface area contributed by atoms with Crippen LogP contribution in [0.4, 0.5) is 0 Å². The molecule has 0 radical (unpaired) electrons. The van der Waals surface area contributed by atoms with Crippen LogP contribution in [0.5, 0.6) is 0 Å². The minimum Gasteiger partial charge on any atom is -0.316 e. The molecular formula is C14H23NO. The van der Waals surface area contributed by atoms with Crippen LogP contribution in [-0.4, -0.2) is 18.9 Å². The summed E-state index contributed by atoms with van der Waals surface area (Å²) >= 11 is 0. The fraction of sp³-hybridized carbons (Fsp3) is 0.786. The number of Topliss-reactive ketones (excluding diaryl/α,β-unsaturated/α-hetero) is 1. The Bertz CT molecular complexity index is 290. The number of piperidine rings is 1. The van der Waals surface area contributed by atoms with Crippen LogP contribution < -0.4 is 5.32 Å². The van der Waals surface area contributed by atoms with Crippen molar-refractivity contribution in [3.63, 3.8) is 0 Å². The van der Waals surface area contributed by atoms with Crippen molar-refractivity contribution in [2.24, 2.45) is 11.3 Å². The van der Waals surface area contributed by atoms with Crippen LogP contribution >= 0.6 is 0 Å². The van der Waals surface area contributed by atoms with Crippen molar-refractivity contribution in [3.8, 4) is 11.8 Å². The molecule has 0 amide bonds. The van der Waals surface area contributed by atoms with Crippen LogP contribution in [0.1, 0.15) is 46.5 Å². The van der Waals surface area contributed by atoms with Crippen LogP contribution in [0.15, 0.2) is 0 Å². The highest BCUT2D eigenvalue weighted by molar-refractivity contribution is 5.84. The van der Waals surface area contributed by atoms with Crippen molar-refractivity contribution in [2.45, 2.75) is 46.5 Å². The van der Waals surface area contributed by atoms with E-state index < -0.39 is 0 Å². The van der Waals surface area contributed by atoms with Crippen molar-refractivity contribution in [1.29, 1.82) is 0 Å². The normalized spacial score (nSPS) is 21.1. The van der Waals surface area contributed by atoms with Gasteiger partial charge < -0.3 is 5.32 Å². The van der Waals surface area contributed by atoms with Gasteiger partial charge in [-0.25, -0.2) is 0 Å². The highest BCUT2D eigenvalue weighted by Gasteiger charge is 2.36.